The zero-order chi connectivity index (χ0) is 17.6. The van der Waals surface area contributed by atoms with Gasteiger partial charge in [-0.25, -0.2) is 4.85 Å². The van der Waals surface area contributed by atoms with Crippen LogP contribution in [0.25, 0.3) is 32.3 Å². The Morgan fingerprint density at radius 3 is 2.12 bits per heavy atom. The van der Waals surface area contributed by atoms with Crippen LogP contribution in [-0.4, -0.2) is 4.57 Å². The van der Waals surface area contributed by atoms with E-state index in [2.05, 4.69) is 78.7 Å². The minimum Gasteiger partial charge on any atom is -0.319 e. The highest BCUT2D eigenvalue weighted by Crippen LogP contribution is 2.38. The van der Waals surface area contributed by atoms with E-state index >= 15 is 0 Å². The van der Waals surface area contributed by atoms with Gasteiger partial charge in [0.1, 0.15) is 0 Å². The van der Waals surface area contributed by atoms with Gasteiger partial charge in [-0.05, 0) is 41.5 Å². The lowest BCUT2D eigenvalue weighted by molar-refractivity contribution is 0.866. The molecular formula is C23H20N2. The van der Waals surface area contributed by atoms with Crippen molar-refractivity contribution in [3.8, 4) is 5.69 Å². The molecule has 122 valence electrons. The highest BCUT2D eigenvalue weighted by Gasteiger charge is 2.16. The molecule has 0 fully saturated rings. The predicted molar refractivity (Wildman–Crippen MR) is 106 cm³/mol. The zero-order valence-corrected chi connectivity index (χ0v) is 14.7. The second-order valence-corrected chi connectivity index (χ2v) is 6.84. The van der Waals surface area contributed by atoms with Gasteiger partial charge in [0.25, 0.3) is 0 Å². The molecule has 4 aromatic rings. The van der Waals surface area contributed by atoms with Crippen molar-refractivity contribution in [2.45, 2.75) is 26.7 Å². The van der Waals surface area contributed by atoms with Crippen LogP contribution in [0.1, 0.15) is 30.9 Å². The summed E-state index contributed by atoms with van der Waals surface area (Å²) in [7, 11) is 0. The number of aromatic nitrogens is 1. The number of aryl methyl sites for hydroxylation is 1. The average molecular weight is 324 g/mol. The highest BCUT2D eigenvalue weighted by atomic mass is 15.0. The number of nitrogens with zero attached hydrogens (tertiary/aromatic N) is 2. The average Bonchev–Trinajstić information content (AvgIpc) is 2.98. The van der Waals surface area contributed by atoms with Crippen molar-refractivity contribution in [2.75, 3.05) is 0 Å². The predicted octanol–water partition coefficient (Wildman–Crippen LogP) is 6.77. The van der Waals surface area contributed by atoms with Gasteiger partial charge in [-0.3, -0.25) is 0 Å². The fourth-order valence-corrected chi connectivity index (χ4v) is 3.63. The topological polar surface area (TPSA) is 9.29 Å². The van der Waals surface area contributed by atoms with E-state index < -0.39 is 0 Å². The van der Waals surface area contributed by atoms with E-state index in [-0.39, 0.29) is 0 Å². The fourth-order valence-electron chi connectivity index (χ4n) is 3.63. The highest BCUT2D eigenvalue weighted by molar-refractivity contribution is 6.14. The number of hydrogen-bond donors (Lipinski definition) is 0. The first-order chi connectivity index (χ1) is 12.1. The first-order valence-corrected chi connectivity index (χ1v) is 8.62. The quantitative estimate of drug-likeness (QED) is 0.360. The molecule has 2 heteroatoms. The van der Waals surface area contributed by atoms with Gasteiger partial charge >= 0.3 is 0 Å². The van der Waals surface area contributed by atoms with Gasteiger partial charge in [-0.2, -0.15) is 0 Å². The molecular weight excluding hydrogens is 304 g/mol. The minimum atomic E-state index is 0.507. The maximum atomic E-state index is 7.61. The van der Waals surface area contributed by atoms with E-state index in [1.807, 2.05) is 12.1 Å². The smallest absolute Gasteiger partial charge is 0.211 e. The van der Waals surface area contributed by atoms with Crippen LogP contribution in [-0.2, 0) is 0 Å². The molecule has 0 aliphatic heterocycles. The lowest BCUT2D eigenvalue weighted by atomic mass is 10.0. The number of fused-ring (bicyclic) bond motifs is 3. The molecule has 4 rings (SSSR count). The molecule has 25 heavy (non-hydrogen) atoms. The summed E-state index contributed by atoms with van der Waals surface area (Å²) in [6.07, 6.45) is 0. The third-order valence-electron chi connectivity index (χ3n) is 4.93. The molecule has 1 heterocycles. The van der Waals surface area contributed by atoms with Crippen molar-refractivity contribution >= 4 is 27.5 Å². The molecule has 0 bridgehead atoms. The summed E-state index contributed by atoms with van der Waals surface area (Å²) in [5, 5.41) is 2.34. The van der Waals surface area contributed by atoms with Gasteiger partial charge in [0.05, 0.1) is 17.6 Å². The largest absolute Gasteiger partial charge is 0.319 e. The van der Waals surface area contributed by atoms with Crippen LogP contribution in [0.4, 0.5) is 5.69 Å². The van der Waals surface area contributed by atoms with E-state index in [0.717, 1.165) is 16.6 Å². The number of rotatable bonds is 2. The Hall–Kier alpha value is -3.05. The van der Waals surface area contributed by atoms with E-state index in [1.54, 1.807) is 0 Å². The molecule has 0 aliphatic rings. The summed E-state index contributed by atoms with van der Waals surface area (Å²) in [5.41, 5.74) is 6.53. The van der Waals surface area contributed by atoms with Crippen LogP contribution in [0.5, 0.6) is 0 Å². The van der Waals surface area contributed by atoms with Gasteiger partial charge in [0.15, 0.2) is 0 Å². The van der Waals surface area contributed by atoms with E-state index in [1.165, 1.54) is 22.0 Å². The molecule has 0 aliphatic carbocycles. The summed E-state index contributed by atoms with van der Waals surface area (Å²) < 4.78 is 2.25. The van der Waals surface area contributed by atoms with Gasteiger partial charge < -0.3 is 4.57 Å². The molecule has 0 radical (unpaired) electrons. The molecule has 1 aromatic heterocycles. The lowest BCUT2D eigenvalue weighted by Gasteiger charge is -2.12. The molecule has 0 saturated heterocycles. The van der Waals surface area contributed by atoms with Gasteiger partial charge in [0.2, 0.25) is 5.69 Å². The minimum absolute atomic E-state index is 0.507. The van der Waals surface area contributed by atoms with Gasteiger partial charge in [-0.1, -0.05) is 62.4 Å². The van der Waals surface area contributed by atoms with E-state index in [0.29, 0.717) is 11.6 Å². The maximum Gasteiger partial charge on any atom is 0.211 e. The summed E-state index contributed by atoms with van der Waals surface area (Å²) in [6.45, 7) is 14.2. The van der Waals surface area contributed by atoms with E-state index in [4.69, 9.17) is 6.57 Å². The van der Waals surface area contributed by atoms with Crippen molar-refractivity contribution in [2.24, 2.45) is 0 Å². The van der Waals surface area contributed by atoms with Crippen molar-refractivity contribution in [3.63, 3.8) is 0 Å². The van der Waals surface area contributed by atoms with Crippen LogP contribution in [0, 0.1) is 13.5 Å². The van der Waals surface area contributed by atoms with Crippen molar-refractivity contribution < 1.29 is 0 Å². The summed E-state index contributed by atoms with van der Waals surface area (Å²) >= 11 is 0. The first-order valence-electron chi connectivity index (χ1n) is 8.62. The third kappa shape index (κ3) is 2.32. The lowest BCUT2D eigenvalue weighted by Crippen LogP contribution is -1.96. The van der Waals surface area contributed by atoms with E-state index in [9.17, 15) is 0 Å². The number of hydrogen-bond acceptors (Lipinski definition) is 0. The molecule has 0 spiro atoms. The Morgan fingerprint density at radius 2 is 1.48 bits per heavy atom. The Kier molecular flexibility index (Phi) is 3.58. The standard InChI is InChI=1S/C23H20N2/c1-15(2)17-11-13-18(14-12-17)25-22-16(3)7-5-8-19(22)20-9-6-10-21(24-4)23(20)25/h5-15H,1-3H3. The SMILES string of the molecule is [C-]#[N+]c1cccc2c3cccc(C)c3n(-c3ccc(C(C)C)cc3)c12. The molecule has 0 amide bonds. The Morgan fingerprint density at radius 1 is 0.840 bits per heavy atom. The second-order valence-electron chi connectivity index (χ2n) is 6.84. The maximum absolute atomic E-state index is 7.61. The van der Waals surface area contributed by atoms with Crippen LogP contribution < -0.4 is 0 Å². The third-order valence-corrected chi connectivity index (χ3v) is 4.93. The van der Waals surface area contributed by atoms with Crippen molar-refractivity contribution in [1.29, 1.82) is 0 Å². The number of para-hydroxylation sites is 2. The fraction of sp³-hybridized carbons (Fsp3) is 0.174. The van der Waals surface area contributed by atoms with Crippen LogP contribution in [0.3, 0.4) is 0 Å². The summed E-state index contributed by atoms with van der Waals surface area (Å²) in [4.78, 5) is 3.78. The van der Waals surface area contributed by atoms with Crippen molar-refractivity contribution in [3.05, 3.63) is 83.2 Å². The molecule has 3 aromatic carbocycles. The van der Waals surface area contributed by atoms with Gasteiger partial charge in [0, 0.05) is 11.1 Å². The Labute approximate surface area is 148 Å². The Bertz CT molecular complexity index is 1120. The molecule has 0 atom stereocenters. The number of benzene rings is 3. The monoisotopic (exact) mass is 324 g/mol. The molecule has 2 nitrogen and oxygen atoms in total. The molecule has 0 saturated carbocycles. The van der Waals surface area contributed by atoms with Crippen LogP contribution in [0.2, 0.25) is 0 Å². The van der Waals surface area contributed by atoms with Gasteiger partial charge in [-0.15, -0.1) is 0 Å². The molecule has 0 unspecified atom stereocenters. The zero-order valence-electron chi connectivity index (χ0n) is 14.7. The summed E-state index contributed by atoms with van der Waals surface area (Å²) in [6, 6.07) is 21.1. The molecule has 0 N–H and O–H groups in total. The first kappa shape index (κ1) is 15.5. The van der Waals surface area contributed by atoms with Crippen LogP contribution >= 0.6 is 0 Å². The van der Waals surface area contributed by atoms with Crippen molar-refractivity contribution in [1.82, 2.24) is 4.57 Å². The summed E-state index contributed by atoms with van der Waals surface area (Å²) in [5.74, 6) is 0.507. The normalized spacial score (nSPS) is 11.3. The Balaban J connectivity index is 2.15. The van der Waals surface area contributed by atoms with Crippen LogP contribution in [0.15, 0.2) is 60.7 Å². The second kappa shape index (κ2) is 5.79.